The largest absolute Gasteiger partial charge is 0.480 e. The summed E-state index contributed by atoms with van der Waals surface area (Å²) in [5.41, 5.74) is 2.32. The van der Waals surface area contributed by atoms with E-state index in [-0.39, 0.29) is 4.90 Å². The highest BCUT2D eigenvalue weighted by atomic mass is 32.2. The molecule has 0 spiro atoms. The molecule has 0 bridgehead atoms. The molecule has 2 rings (SSSR count). The van der Waals surface area contributed by atoms with Crippen molar-refractivity contribution in [3.8, 4) is 0 Å². The molecule has 122 valence electrons. The van der Waals surface area contributed by atoms with Gasteiger partial charge in [0.2, 0.25) is 0 Å². The van der Waals surface area contributed by atoms with Gasteiger partial charge in [0.1, 0.15) is 6.54 Å². The van der Waals surface area contributed by atoms with Gasteiger partial charge in [-0.05, 0) is 43.2 Å². The van der Waals surface area contributed by atoms with Gasteiger partial charge in [-0.3, -0.25) is 9.10 Å². The van der Waals surface area contributed by atoms with E-state index in [0.29, 0.717) is 5.69 Å². The third-order valence-corrected chi connectivity index (χ3v) is 5.31. The first-order valence-electron chi connectivity index (χ1n) is 7.24. The predicted octanol–water partition coefficient (Wildman–Crippen LogP) is 2.84. The Bertz CT molecular complexity index is 780. The molecular weight excluding hydrogens is 314 g/mol. The number of hydrogen-bond acceptors (Lipinski definition) is 3. The SMILES string of the molecule is CCc1ccc(N(CC(=O)O)S(=O)(=O)c2ccc(C)cc2)cc1. The number of sulfonamides is 1. The topological polar surface area (TPSA) is 74.7 Å². The normalized spacial score (nSPS) is 11.2. The van der Waals surface area contributed by atoms with Gasteiger partial charge < -0.3 is 5.11 Å². The molecule has 6 heteroatoms. The van der Waals surface area contributed by atoms with Gasteiger partial charge in [0.05, 0.1) is 10.6 Å². The molecule has 0 unspecified atom stereocenters. The number of anilines is 1. The highest BCUT2D eigenvalue weighted by Crippen LogP contribution is 2.24. The molecule has 0 saturated heterocycles. The lowest BCUT2D eigenvalue weighted by Crippen LogP contribution is -2.35. The van der Waals surface area contributed by atoms with Crippen LogP contribution < -0.4 is 4.31 Å². The van der Waals surface area contributed by atoms with Crippen LogP contribution in [0.5, 0.6) is 0 Å². The van der Waals surface area contributed by atoms with Crippen LogP contribution in [0, 0.1) is 6.92 Å². The summed E-state index contributed by atoms with van der Waals surface area (Å²) < 4.78 is 26.5. The smallest absolute Gasteiger partial charge is 0.324 e. The molecule has 0 amide bonds. The molecule has 0 aromatic heterocycles. The molecular formula is C17H19NO4S. The minimum Gasteiger partial charge on any atom is -0.480 e. The van der Waals surface area contributed by atoms with Gasteiger partial charge in [0, 0.05) is 0 Å². The summed E-state index contributed by atoms with van der Waals surface area (Å²) in [6.45, 7) is 3.23. The molecule has 5 nitrogen and oxygen atoms in total. The lowest BCUT2D eigenvalue weighted by Gasteiger charge is -2.23. The van der Waals surface area contributed by atoms with Crippen LogP contribution >= 0.6 is 0 Å². The molecule has 0 heterocycles. The van der Waals surface area contributed by atoms with Crippen molar-refractivity contribution in [2.45, 2.75) is 25.2 Å². The average molecular weight is 333 g/mol. The monoisotopic (exact) mass is 333 g/mol. The lowest BCUT2D eigenvalue weighted by molar-refractivity contribution is -0.135. The quantitative estimate of drug-likeness (QED) is 0.882. The summed E-state index contributed by atoms with van der Waals surface area (Å²) in [6, 6.07) is 13.2. The number of carboxylic acid groups (broad SMARTS) is 1. The van der Waals surface area contributed by atoms with E-state index in [4.69, 9.17) is 5.11 Å². The molecule has 1 N–H and O–H groups in total. The van der Waals surface area contributed by atoms with E-state index in [1.165, 1.54) is 12.1 Å². The minimum absolute atomic E-state index is 0.0731. The first kappa shape index (κ1) is 17.0. The second kappa shape index (κ2) is 6.83. The van der Waals surface area contributed by atoms with E-state index in [9.17, 15) is 13.2 Å². The Kier molecular flexibility index (Phi) is 5.05. The highest BCUT2D eigenvalue weighted by Gasteiger charge is 2.26. The Morgan fingerprint density at radius 2 is 1.61 bits per heavy atom. The van der Waals surface area contributed by atoms with Crippen LogP contribution in [0.4, 0.5) is 5.69 Å². The Balaban J connectivity index is 2.48. The molecule has 0 aliphatic rings. The molecule has 0 aliphatic carbocycles. The lowest BCUT2D eigenvalue weighted by atomic mass is 10.1. The summed E-state index contributed by atoms with van der Waals surface area (Å²) >= 11 is 0. The maximum absolute atomic E-state index is 12.8. The summed E-state index contributed by atoms with van der Waals surface area (Å²) in [7, 11) is -3.93. The number of carbonyl (C=O) groups is 1. The van der Waals surface area contributed by atoms with Gasteiger partial charge in [0.25, 0.3) is 10.0 Å². The van der Waals surface area contributed by atoms with Crippen molar-refractivity contribution >= 4 is 21.7 Å². The van der Waals surface area contributed by atoms with E-state index >= 15 is 0 Å². The zero-order chi connectivity index (χ0) is 17.0. The maximum Gasteiger partial charge on any atom is 0.324 e. The number of nitrogens with zero attached hydrogens (tertiary/aromatic N) is 1. The standard InChI is InChI=1S/C17H19NO4S/c1-3-14-6-8-15(9-7-14)18(12-17(19)20)23(21,22)16-10-4-13(2)5-11-16/h4-11H,3,12H2,1-2H3,(H,19,20). The second-order valence-electron chi connectivity index (χ2n) is 5.24. The first-order chi connectivity index (χ1) is 10.8. The highest BCUT2D eigenvalue weighted by molar-refractivity contribution is 7.92. The van der Waals surface area contributed by atoms with Crippen molar-refractivity contribution in [3.63, 3.8) is 0 Å². The van der Waals surface area contributed by atoms with Gasteiger partial charge >= 0.3 is 5.97 Å². The maximum atomic E-state index is 12.8. The Labute approximate surface area is 136 Å². The second-order valence-corrected chi connectivity index (χ2v) is 7.10. The molecule has 0 saturated carbocycles. The minimum atomic E-state index is -3.93. The molecule has 2 aromatic rings. The van der Waals surface area contributed by atoms with E-state index in [2.05, 4.69) is 0 Å². The van der Waals surface area contributed by atoms with Crippen LogP contribution in [0.15, 0.2) is 53.4 Å². The summed E-state index contributed by atoms with van der Waals surface area (Å²) in [5, 5.41) is 9.09. The van der Waals surface area contributed by atoms with Gasteiger partial charge in [-0.15, -0.1) is 0 Å². The first-order valence-corrected chi connectivity index (χ1v) is 8.68. The summed E-state index contributed by atoms with van der Waals surface area (Å²) in [5.74, 6) is -1.21. The Hall–Kier alpha value is -2.34. The zero-order valence-electron chi connectivity index (χ0n) is 13.1. The predicted molar refractivity (Wildman–Crippen MR) is 89.2 cm³/mol. The summed E-state index contributed by atoms with van der Waals surface area (Å²) in [6.07, 6.45) is 0.823. The van der Waals surface area contributed by atoms with Crippen LogP contribution in [-0.2, 0) is 21.2 Å². The Morgan fingerprint density at radius 3 is 2.09 bits per heavy atom. The third kappa shape index (κ3) is 3.90. The van der Waals surface area contributed by atoms with Crippen molar-refractivity contribution in [2.75, 3.05) is 10.8 Å². The number of aliphatic carboxylic acids is 1. The van der Waals surface area contributed by atoms with E-state index in [1.54, 1.807) is 36.4 Å². The van der Waals surface area contributed by atoms with Crippen LogP contribution in [-0.4, -0.2) is 26.0 Å². The van der Waals surface area contributed by atoms with Gasteiger partial charge in [-0.2, -0.15) is 0 Å². The van der Waals surface area contributed by atoms with E-state index in [0.717, 1.165) is 21.9 Å². The zero-order valence-corrected chi connectivity index (χ0v) is 13.9. The number of carboxylic acids is 1. The number of rotatable bonds is 6. The fourth-order valence-electron chi connectivity index (χ4n) is 2.17. The van der Waals surface area contributed by atoms with Crippen molar-refractivity contribution < 1.29 is 18.3 Å². The molecule has 0 radical (unpaired) electrons. The Morgan fingerprint density at radius 1 is 1.04 bits per heavy atom. The van der Waals surface area contributed by atoms with Crippen molar-refractivity contribution in [1.29, 1.82) is 0 Å². The van der Waals surface area contributed by atoms with Gasteiger partial charge in [-0.25, -0.2) is 8.42 Å². The van der Waals surface area contributed by atoms with Crippen LogP contribution in [0.1, 0.15) is 18.1 Å². The fraction of sp³-hybridized carbons (Fsp3) is 0.235. The molecule has 2 aromatic carbocycles. The summed E-state index contributed by atoms with van der Waals surface area (Å²) in [4.78, 5) is 11.2. The van der Waals surface area contributed by atoms with Gasteiger partial charge in [0.15, 0.2) is 0 Å². The fourth-order valence-corrected chi connectivity index (χ4v) is 3.59. The van der Waals surface area contributed by atoms with E-state index < -0.39 is 22.5 Å². The molecule has 23 heavy (non-hydrogen) atoms. The number of hydrogen-bond donors (Lipinski definition) is 1. The van der Waals surface area contributed by atoms with Crippen molar-refractivity contribution in [1.82, 2.24) is 0 Å². The molecule has 0 fully saturated rings. The number of aryl methyl sites for hydroxylation is 2. The number of benzene rings is 2. The molecule has 0 atom stereocenters. The van der Waals surface area contributed by atoms with Crippen LogP contribution in [0.3, 0.4) is 0 Å². The van der Waals surface area contributed by atoms with E-state index in [1.807, 2.05) is 13.8 Å². The van der Waals surface area contributed by atoms with Crippen LogP contribution in [0.2, 0.25) is 0 Å². The third-order valence-electron chi connectivity index (χ3n) is 3.52. The molecule has 0 aliphatic heterocycles. The van der Waals surface area contributed by atoms with Crippen molar-refractivity contribution in [2.24, 2.45) is 0 Å². The van der Waals surface area contributed by atoms with Crippen LogP contribution in [0.25, 0.3) is 0 Å². The average Bonchev–Trinajstić information content (AvgIpc) is 2.53. The van der Waals surface area contributed by atoms with Crippen molar-refractivity contribution in [3.05, 3.63) is 59.7 Å². The van der Waals surface area contributed by atoms with Gasteiger partial charge in [-0.1, -0.05) is 36.8 Å².